The first-order valence-electron chi connectivity index (χ1n) is 8.45. The van der Waals surface area contributed by atoms with Crippen molar-refractivity contribution in [3.05, 3.63) is 36.8 Å². The molecule has 1 aliphatic carbocycles. The summed E-state index contributed by atoms with van der Waals surface area (Å²) >= 11 is 0. The Morgan fingerprint density at radius 1 is 1.48 bits per heavy atom. The Hall–Kier alpha value is -0.980. The van der Waals surface area contributed by atoms with Gasteiger partial charge in [-0.1, -0.05) is 18.9 Å². The van der Waals surface area contributed by atoms with Crippen molar-refractivity contribution in [2.75, 3.05) is 20.1 Å². The first-order valence-corrected chi connectivity index (χ1v) is 8.45. The summed E-state index contributed by atoms with van der Waals surface area (Å²) in [6.45, 7) is 5.55. The summed E-state index contributed by atoms with van der Waals surface area (Å²) in [7, 11) is 2.12. The third-order valence-corrected chi connectivity index (χ3v) is 4.15. The van der Waals surface area contributed by atoms with E-state index in [0.29, 0.717) is 6.04 Å². The number of guanidine groups is 1. The highest BCUT2D eigenvalue weighted by Gasteiger charge is 2.17. The van der Waals surface area contributed by atoms with Crippen LogP contribution in [0.15, 0.2) is 40.5 Å². The fraction of sp³-hybridized carbons (Fsp3) is 0.611. The summed E-state index contributed by atoms with van der Waals surface area (Å²) in [5, 5.41) is 3.64. The maximum atomic E-state index is 5.37. The monoisotopic (exact) mass is 431 g/mol. The molecule has 1 heterocycles. The number of rotatable bonds is 8. The molecule has 1 aromatic heterocycles. The van der Waals surface area contributed by atoms with E-state index in [1.54, 1.807) is 6.26 Å². The standard InChI is InChI=1S/C18H29N3O.HI/c1-3-4-7-14-21(2)18(20-16-9-5-6-10-16)19-13-12-17-11-8-15-22-17;/h3,8,11,15-16H,1,4-7,9-10,12-14H2,2H3,(H,19,20);1H. The van der Waals surface area contributed by atoms with Gasteiger partial charge in [-0.2, -0.15) is 0 Å². The highest BCUT2D eigenvalue weighted by Crippen LogP contribution is 2.17. The first kappa shape index (κ1) is 20.1. The van der Waals surface area contributed by atoms with Gasteiger partial charge in [0.2, 0.25) is 0 Å². The van der Waals surface area contributed by atoms with E-state index in [2.05, 4.69) is 23.8 Å². The maximum Gasteiger partial charge on any atom is 0.193 e. The summed E-state index contributed by atoms with van der Waals surface area (Å²) in [6.07, 6.45) is 11.9. The summed E-state index contributed by atoms with van der Waals surface area (Å²) in [4.78, 5) is 7.03. The number of hydrogen-bond donors (Lipinski definition) is 1. The summed E-state index contributed by atoms with van der Waals surface area (Å²) in [5.41, 5.74) is 0. The van der Waals surface area contributed by atoms with Crippen LogP contribution in [0, 0.1) is 0 Å². The molecule has 0 amide bonds. The molecule has 1 aliphatic rings. The molecule has 1 fully saturated rings. The predicted octanol–water partition coefficient (Wildman–Crippen LogP) is 4.23. The normalized spacial score (nSPS) is 15.3. The van der Waals surface area contributed by atoms with E-state index in [4.69, 9.17) is 9.41 Å². The molecule has 2 rings (SSSR count). The minimum absolute atomic E-state index is 0. The zero-order valence-corrected chi connectivity index (χ0v) is 16.5. The second kappa shape index (κ2) is 11.5. The van der Waals surface area contributed by atoms with Crippen molar-refractivity contribution in [3.8, 4) is 0 Å². The first-order chi connectivity index (χ1) is 10.8. The van der Waals surface area contributed by atoms with Crippen LogP contribution in [0.1, 0.15) is 44.3 Å². The lowest BCUT2D eigenvalue weighted by Gasteiger charge is -2.25. The molecule has 0 aromatic carbocycles. The molecule has 0 aliphatic heterocycles. The average molecular weight is 431 g/mol. The van der Waals surface area contributed by atoms with E-state index < -0.39 is 0 Å². The molecule has 0 atom stereocenters. The maximum absolute atomic E-state index is 5.37. The average Bonchev–Trinajstić information content (AvgIpc) is 3.19. The van der Waals surface area contributed by atoms with Gasteiger partial charge in [0.25, 0.3) is 0 Å². The Morgan fingerprint density at radius 3 is 2.91 bits per heavy atom. The lowest BCUT2D eigenvalue weighted by atomic mass is 10.2. The highest BCUT2D eigenvalue weighted by molar-refractivity contribution is 14.0. The number of halogens is 1. The Kier molecular flexibility index (Phi) is 10.1. The smallest absolute Gasteiger partial charge is 0.193 e. The minimum atomic E-state index is 0. The molecule has 23 heavy (non-hydrogen) atoms. The third kappa shape index (κ3) is 7.42. The minimum Gasteiger partial charge on any atom is -0.469 e. The van der Waals surface area contributed by atoms with Gasteiger partial charge in [-0.05, 0) is 37.8 Å². The highest BCUT2D eigenvalue weighted by atomic mass is 127. The molecule has 1 aromatic rings. The van der Waals surface area contributed by atoms with Crippen molar-refractivity contribution < 1.29 is 4.42 Å². The number of allylic oxidation sites excluding steroid dienone is 1. The van der Waals surface area contributed by atoms with Crippen molar-refractivity contribution in [1.82, 2.24) is 10.2 Å². The Balaban J connectivity index is 0.00000264. The van der Waals surface area contributed by atoms with Gasteiger partial charge in [-0.25, -0.2) is 0 Å². The lowest BCUT2D eigenvalue weighted by Crippen LogP contribution is -2.44. The van der Waals surface area contributed by atoms with Crippen LogP contribution in [0.4, 0.5) is 0 Å². The molecule has 0 spiro atoms. The van der Waals surface area contributed by atoms with Gasteiger partial charge in [0, 0.05) is 32.6 Å². The fourth-order valence-electron chi connectivity index (χ4n) is 2.83. The number of aliphatic imine (C=N–C) groups is 1. The predicted molar refractivity (Wildman–Crippen MR) is 108 cm³/mol. The van der Waals surface area contributed by atoms with Gasteiger partial charge >= 0.3 is 0 Å². The van der Waals surface area contributed by atoms with E-state index in [0.717, 1.165) is 44.1 Å². The van der Waals surface area contributed by atoms with Gasteiger partial charge in [0.1, 0.15) is 5.76 Å². The zero-order valence-electron chi connectivity index (χ0n) is 14.2. The number of hydrogen-bond acceptors (Lipinski definition) is 2. The van der Waals surface area contributed by atoms with Crippen LogP contribution >= 0.6 is 24.0 Å². The molecular formula is C18H30IN3O. The van der Waals surface area contributed by atoms with Crippen molar-refractivity contribution in [3.63, 3.8) is 0 Å². The van der Waals surface area contributed by atoms with Crippen LogP contribution in [0.25, 0.3) is 0 Å². The van der Waals surface area contributed by atoms with Crippen molar-refractivity contribution >= 4 is 29.9 Å². The summed E-state index contributed by atoms with van der Waals surface area (Å²) < 4.78 is 5.37. The molecule has 4 nitrogen and oxygen atoms in total. The van der Waals surface area contributed by atoms with E-state index in [-0.39, 0.29) is 24.0 Å². The van der Waals surface area contributed by atoms with E-state index >= 15 is 0 Å². The van der Waals surface area contributed by atoms with E-state index in [1.807, 2.05) is 18.2 Å². The number of nitrogens with zero attached hydrogens (tertiary/aromatic N) is 2. The van der Waals surface area contributed by atoms with Crippen molar-refractivity contribution in [2.45, 2.75) is 51.0 Å². The fourth-order valence-corrected chi connectivity index (χ4v) is 2.83. The second-order valence-corrected chi connectivity index (χ2v) is 6.01. The zero-order chi connectivity index (χ0) is 15.6. The second-order valence-electron chi connectivity index (χ2n) is 6.01. The SMILES string of the molecule is C=CCCCN(C)C(=NCCc1ccco1)NC1CCCC1.I. The molecule has 0 saturated heterocycles. The van der Waals surface area contributed by atoms with Crippen LogP contribution in [0.2, 0.25) is 0 Å². The van der Waals surface area contributed by atoms with E-state index in [1.165, 1.54) is 25.7 Å². The van der Waals surface area contributed by atoms with Crippen molar-refractivity contribution in [1.29, 1.82) is 0 Å². The Bertz CT molecular complexity index is 453. The molecule has 5 heteroatoms. The number of unbranched alkanes of at least 4 members (excludes halogenated alkanes) is 1. The third-order valence-electron chi connectivity index (χ3n) is 4.15. The van der Waals surface area contributed by atoms with Crippen LogP contribution in [-0.2, 0) is 6.42 Å². The van der Waals surface area contributed by atoms with Gasteiger partial charge in [0.15, 0.2) is 5.96 Å². The summed E-state index contributed by atoms with van der Waals surface area (Å²) in [6, 6.07) is 4.52. The Labute approximate surface area is 157 Å². The largest absolute Gasteiger partial charge is 0.469 e. The quantitative estimate of drug-likeness (QED) is 0.220. The van der Waals surface area contributed by atoms with Gasteiger partial charge < -0.3 is 14.6 Å². The van der Waals surface area contributed by atoms with Crippen LogP contribution in [-0.4, -0.2) is 37.0 Å². The molecule has 0 unspecified atom stereocenters. The molecular weight excluding hydrogens is 401 g/mol. The molecule has 1 N–H and O–H groups in total. The molecule has 0 bridgehead atoms. The van der Waals surface area contributed by atoms with E-state index in [9.17, 15) is 0 Å². The number of furan rings is 1. The van der Waals surface area contributed by atoms with Crippen LogP contribution in [0.5, 0.6) is 0 Å². The Morgan fingerprint density at radius 2 is 2.26 bits per heavy atom. The van der Waals surface area contributed by atoms with Gasteiger partial charge in [0.05, 0.1) is 6.26 Å². The van der Waals surface area contributed by atoms with Gasteiger partial charge in [-0.3, -0.25) is 4.99 Å². The van der Waals surface area contributed by atoms with Crippen LogP contribution in [0.3, 0.4) is 0 Å². The van der Waals surface area contributed by atoms with Crippen LogP contribution < -0.4 is 5.32 Å². The topological polar surface area (TPSA) is 40.8 Å². The molecule has 1 saturated carbocycles. The molecule has 0 radical (unpaired) electrons. The van der Waals surface area contributed by atoms with Gasteiger partial charge in [-0.15, -0.1) is 30.6 Å². The van der Waals surface area contributed by atoms with Crippen molar-refractivity contribution in [2.24, 2.45) is 4.99 Å². The number of nitrogens with one attached hydrogen (secondary N) is 1. The molecule has 130 valence electrons. The lowest BCUT2D eigenvalue weighted by molar-refractivity contribution is 0.451. The summed E-state index contributed by atoms with van der Waals surface area (Å²) in [5.74, 6) is 2.03.